The average molecular weight is 197 g/mol. The van der Waals surface area contributed by atoms with Gasteiger partial charge in [0, 0.05) is 19.5 Å². The van der Waals surface area contributed by atoms with Gasteiger partial charge in [0.05, 0.1) is 6.07 Å². The summed E-state index contributed by atoms with van der Waals surface area (Å²) in [7, 11) is 0. The molecule has 0 unspecified atom stereocenters. The van der Waals surface area contributed by atoms with Gasteiger partial charge in [0.25, 0.3) is 0 Å². The van der Waals surface area contributed by atoms with Crippen molar-refractivity contribution in [2.75, 3.05) is 32.7 Å². The van der Waals surface area contributed by atoms with Gasteiger partial charge in [-0.25, -0.2) is 0 Å². The third kappa shape index (κ3) is 8.03. The fourth-order valence-electron chi connectivity index (χ4n) is 1.40. The van der Waals surface area contributed by atoms with Crippen molar-refractivity contribution in [3.05, 3.63) is 0 Å². The summed E-state index contributed by atoms with van der Waals surface area (Å²) < 4.78 is 0. The lowest BCUT2D eigenvalue weighted by Crippen LogP contribution is -2.32. The van der Waals surface area contributed by atoms with Gasteiger partial charge in [-0.1, -0.05) is 13.8 Å². The van der Waals surface area contributed by atoms with E-state index < -0.39 is 0 Å². The van der Waals surface area contributed by atoms with Gasteiger partial charge >= 0.3 is 0 Å². The Bertz CT molecular complexity index is 151. The third-order valence-electron chi connectivity index (χ3n) is 2.23. The summed E-state index contributed by atoms with van der Waals surface area (Å²) in [5, 5.41) is 11.7. The Kier molecular flexibility index (Phi) is 10.0. The van der Waals surface area contributed by atoms with E-state index in [-0.39, 0.29) is 0 Å². The van der Waals surface area contributed by atoms with Crippen LogP contribution in [0.1, 0.15) is 33.1 Å². The largest absolute Gasteiger partial charge is 0.315 e. The van der Waals surface area contributed by atoms with Gasteiger partial charge in [-0.05, 0) is 32.5 Å². The van der Waals surface area contributed by atoms with Crippen LogP contribution in [0.15, 0.2) is 0 Å². The zero-order valence-electron chi connectivity index (χ0n) is 9.55. The molecule has 0 saturated heterocycles. The maximum absolute atomic E-state index is 8.33. The predicted molar refractivity (Wildman–Crippen MR) is 60.1 cm³/mol. The molecule has 14 heavy (non-hydrogen) atoms. The lowest BCUT2D eigenvalue weighted by atomic mass is 10.3. The molecule has 0 bridgehead atoms. The average Bonchev–Trinajstić information content (AvgIpc) is 2.21. The molecule has 0 spiro atoms. The van der Waals surface area contributed by atoms with Crippen LogP contribution in [0.3, 0.4) is 0 Å². The SMILES string of the molecule is CCCN(CC)CCNCCCC#N. The fourth-order valence-corrected chi connectivity index (χ4v) is 1.40. The van der Waals surface area contributed by atoms with E-state index >= 15 is 0 Å². The van der Waals surface area contributed by atoms with Gasteiger partial charge < -0.3 is 10.2 Å². The molecule has 0 saturated carbocycles. The van der Waals surface area contributed by atoms with Gasteiger partial charge in [-0.2, -0.15) is 5.26 Å². The maximum atomic E-state index is 8.33. The van der Waals surface area contributed by atoms with Crippen molar-refractivity contribution in [3.8, 4) is 6.07 Å². The van der Waals surface area contributed by atoms with Crippen molar-refractivity contribution in [1.82, 2.24) is 10.2 Å². The molecular weight excluding hydrogens is 174 g/mol. The molecule has 0 atom stereocenters. The van der Waals surface area contributed by atoms with Crippen molar-refractivity contribution in [2.45, 2.75) is 33.1 Å². The first-order valence-corrected chi connectivity index (χ1v) is 5.65. The molecule has 0 aromatic heterocycles. The molecule has 82 valence electrons. The van der Waals surface area contributed by atoms with Crippen molar-refractivity contribution < 1.29 is 0 Å². The van der Waals surface area contributed by atoms with Gasteiger partial charge in [0.15, 0.2) is 0 Å². The first-order valence-electron chi connectivity index (χ1n) is 5.65. The van der Waals surface area contributed by atoms with E-state index in [9.17, 15) is 0 Å². The molecule has 0 aromatic rings. The molecule has 0 aliphatic carbocycles. The second-order valence-electron chi connectivity index (χ2n) is 3.45. The van der Waals surface area contributed by atoms with Crippen molar-refractivity contribution in [1.29, 1.82) is 5.26 Å². The first kappa shape index (κ1) is 13.4. The molecule has 0 radical (unpaired) electrons. The Morgan fingerprint density at radius 2 is 2.00 bits per heavy atom. The standard InChI is InChI=1S/C11H23N3/c1-3-10-14(4-2)11-9-13-8-6-5-7-12/h13H,3-6,8-11H2,1-2H3. The highest BCUT2D eigenvalue weighted by molar-refractivity contribution is 4.69. The zero-order chi connectivity index (χ0) is 10.6. The van der Waals surface area contributed by atoms with E-state index in [2.05, 4.69) is 30.1 Å². The Morgan fingerprint density at radius 3 is 2.57 bits per heavy atom. The Labute approximate surface area is 88.1 Å². The molecule has 1 N–H and O–H groups in total. The molecule has 0 aliphatic rings. The van der Waals surface area contributed by atoms with Gasteiger partial charge in [0.1, 0.15) is 0 Å². The van der Waals surface area contributed by atoms with Gasteiger partial charge in [0.2, 0.25) is 0 Å². The van der Waals surface area contributed by atoms with E-state index in [0.29, 0.717) is 6.42 Å². The monoisotopic (exact) mass is 197 g/mol. The number of rotatable bonds is 9. The van der Waals surface area contributed by atoms with Crippen LogP contribution in [-0.4, -0.2) is 37.6 Å². The van der Waals surface area contributed by atoms with Crippen LogP contribution in [0.4, 0.5) is 0 Å². The minimum absolute atomic E-state index is 0.666. The van der Waals surface area contributed by atoms with E-state index in [0.717, 1.165) is 32.6 Å². The third-order valence-corrected chi connectivity index (χ3v) is 2.23. The summed E-state index contributed by atoms with van der Waals surface area (Å²) >= 11 is 0. The normalized spacial score (nSPS) is 10.4. The highest BCUT2D eigenvalue weighted by Gasteiger charge is 1.98. The number of unbranched alkanes of at least 4 members (excludes halogenated alkanes) is 1. The maximum Gasteiger partial charge on any atom is 0.0622 e. The quantitative estimate of drug-likeness (QED) is 0.571. The van der Waals surface area contributed by atoms with Crippen LogP contribution in [0.25, 0.3) is 0 Å². The van der Waals surface area contributed by atoms with Crippen LogP contribution in [-0.2, 0) is 0 Å². The minimum Gasteiger partial charge on any atom is -0.315 e. The smallest absolute Gasteiger partial charge is 0.0622 e. The van der Waals surface area contributed by atoms with Crippen LogP contribution in [0.2, 0.25) is 0 Å². The molecule has 0 rings (SSSR count). The van der Waals surface area contributed by atoms with Crippen LogP contribution >= 0.6 is 0 Å². The molecule has 0 heterocycles. The van der Waals surface area contributed by atoms with Gasteiger partial charge in [-0.15, -0.1) is 0 Å². The number of nitrogens with one attached hydrogen (secondary N) is 1. The predicted octanol–water partition coefficient (Wildman–Crippen LogP) is 1.61. The molecule has 3 heteroatoms. The Balaban J connectivity index is 3.20. The number of likely N-dealkylation sites (N-methyl/N-ethyl adjacent to an activating group) is 1. The van der Waals surface area contributed by atoms with Gasteiger partial charge in [-0.3, -0.25) is 0 Å². The van der Waals surface area contributed by atoms with E-state index in [4.69, 9.17) is 5.26 Å². The number of nitriles is 1. The highest BCUT2D eigenvalue weighted by atomic mass is 15.1. The Hall–Kier alpha value is -0.590. The second-order valence-corrected chi connectivity index (χ2v) is 3.45. The lowest BCUT2D eigenvalue weighted by molar-refractivity contribution is 0.288. The molecule has 0 aromatic carbocycles. The summed E-state index contributed by atoms with van der Waals surface area (Å²) in [6.07, 6.45) is 2.86. The molecule has 0 fully saturated rings. The molecular formula is C11H23N3. The molecule has 3 nitrogen and oxygen atoms in total. The minimum atomic E-state index is 0.666. The molecule has 0 aliphatic heterocycles. The summed E-state index contributed by atoms with van der Waals surface area (Å²) in [5.74, 6) is 0. The number of hydrogen-bond donors (Lipinski definition) is 1. The van der Waals surface area contributed by atoms with E-state index in [1.54, 1.807) is 0 Å². The van der Waals surface area contributed by atoms with Crippen LogP contribution in [0, 0.1) is 11.3 Å². The fraction of sp³-hybridized carbons (Fsp3) is 0.909. The zero-order valence-corrected chi connectivity index (χ0v) is 9.55. The number of nitrogens with zero attached hydrogens (tertiary/aromatic N) is 2. The summed E-state index contributed by atoms with van der Waals surface area (Å²) in [4.78, 5) is 2.44. The summed E-state index contributed by atoms with van der Waals surface area (Å²) in [6, 6.07) is 2.15. The summed E-state index contributed by atoms with van der Waals surface area (Å²) in [5.41, 5.74) is 0. The lowest BCUT2D eigenvalue weighted by Gasteiger charge is -2.19. The van der Waals surface area contributed by atoms with E-state index in [1.807, 2.05) is 0 Å². The topological polar surface area (TPSA) is 39.1 Å². The highest BCUT2D eigenvalue weighted by Crippen LogP contribution is 1.89. The first-order chi connectivity index (χ1) is 6.85. The second kappa shape index (κ2) is 10.5. The van der Waals surface area contributed by atoms with Crippen molar-refractivity contribution in [3.63, 3.8) is 0 Å². The van der Waals surface area contributed by atoms with Crippen molar-refractivity contribution >= 4 is 0 Å². The summed E-state index contributed by atoms with van der Waals surface area (Å²) in [6.45, 7) is 9.87. The molecule has 0 amide bonds. The van der Waals surface area contributed by atoms with Crippen molar-refractivity contribution in [2.24, 2.45) is 0 Å². The van der Waals surface area contributed by atoms with Crippen LogP contribution in [0.5, 0.6) is 0 Å². The number of hydrogen-bond acceptors (Lipinski definition) is 3. The van der Waals surface area contributed by atoms with Crippen LogP contribution < -0.4 is 5.32 Å². The Morgan fingerprint density at radius 1 is 1.21 bits per heavy atom. The van der Waals surface area contributed by atoms with E-state index in [1.165, 1.54) is 13.0 Å².